The number of allylic oxidation sites excluding steroid dienone is 7. The molecule has 0 atom stereocenters. The maximum Gasteiger partial charge on any atom is 1.00 e. The van der Waals surface area contributed by atoms with Gasteiger partial charge in [-0.05, 0) is 83.0 Å². The van der Waals surface area contributed by atoms with Gasteiger partial charge in [-0.2, -0.15) is 10.2 Å². The molecule has 44 heavy (non-hydrogen) atoms. The summed E-state index contributed by atoms with van der Waals surface area (Å²) in [5.74, 6) is 0.652. The molecule has 0 spiro atoms. The van der Waals surface area contributed by atoms with Crippen LogP contribution in [0, 0.1) is 0 Å². The third-order valence-corrected chi connectivity index (χ3v) is 7.48. The molecule has 1 aliphatic rings. The molecule has 0 fully saturated rings. The molecule has 0 heterocycles. The average molecular weight is 637 g/mol. The minimum Gasteiger partial charge on any atom is -0.744 e. The summed E-state index contributed by atoms with van der Waals surface area (Å²) >= 11 is 0. The minimum absolute atomic E-state index is 0. The predicted octanol–water partition coefficient (Wildman–Crippen LogP) is 2.72. The molecular formula is C33H35KN5O4S+. The zero-order valence-corrected chi connectivity index (χ0v) is 29.6. The summed E-state index contributed by atoms with van der Waals surface area (Å²) < 4.78 is 44.3. The van der Waals surface area contributed by atoms with Gasteiger partial charge in [0.05, 0.1) is 16.3 Å². The zero-order valence-electron chi connectivity index (χ0n) is 25.6. The Labute approximate surface area is 302 Å². The van der Waals surface area contributed by atoms with Crippen molar-refractivity contribution >= 4 is 44.5 Å². The molecule has 1 aliphatic carbocycles. The van der Waals surface area contributed by atoms with Gasteiger partial charge in [0.25, 0.3) is 0 Å². The van der Waals surface area contributed by atoms with Gasteiger partial charge in [0.2, 0.25) is 0 Å². The van der Waals surface area contributed by atoms with E-state index in [4.69, 9.17) is 10.5 Å². The molecule has 0 saturated heterocycles. The molecule has 4 rings (SSSR count). The normalized spacial score (nSPS) is 13.0. The van der Waals surface area contributed by atoms with Crippen molar-refractivity contribution in [2.75, 3.05) is 46.2 Å². The van der Waals surface area contributed by atoms with Crippen LogP contribution in [0.5, 0.6) is 5.75 Å². The second-order valence-corrected chi connectivity index (χ2v) is 11.5. The quantitative estimate of drug-likeness (QED) is 0.158. The molecule has 0 radical (unpaired) electrons. The van der Waals surface area contributed by atoms with Gasteiger partial charge in [-0.25, -0.2) is 13.0 Å². The first kappa shape index (κ1) is 35.5. The van der Waals surface area contributed by atoms with E-state index in [2.05, 4.69) is 10.2 Å². The van der Waals surface area contributed by atoms with Crippen LogP contribution in [0.4, 0.5) is 17.1 Å². The Bertz CT molecular complexity index is 1730. The van der Waals surface area contributed by atoms with Crippen LogP contribution in [0.3, 0.4) is 0 Å². The van der Waals surface area contributed by atoms with E-state index in [9.17, 15) is 13.0 Å². The van der Waals surface area contributed by atoms with Crippen LogP contribution in [0.15, 0.2) is 118 Å². The van der Waals surface area contributed by atoms with Crippen molar-refractivity contribution in [3.8, 4) is 5.75 Å². The van der Waals surface area contributed by atoms with E-state index in [0.717, 1.165) is 28.1 Å². The number of rotatable bonds is 10. The van der Waals surface area contributed by atoms with Crippen LogP contribution >= 0.6 is 0 Å². The minimum atomic E-state index is -4.81. The summed E-state index contributed by atoms with van der Waals surface area (Å²) in [4.78, 5) is 1.64. The Morgan fingerprint density at radius 2 is 1.55 bits per heavy atom. The summed E-state index contributed by atoms with van der Waals surface area (Å²) in [6.07, 6.45) is 11.5. The summed E-state index contributed by atoms with van der Waals surface area (Å²) in [7, 11) is 3.09. The molecular weight excluding hydrogens is 602 g/mol. The van der Waals surface area contributed by atoms with Gasteiger partial charge in [0.15, 0.2) is 5.71 Å². The molecule has 0 aliphatic heterocycles. The number of azo groups is 1. The van der Waals surface area contributed by atoms with Crippen molar-refractivity contribution in [2.24, 2.45) is 16.0 Å². The number of anilines is 1. The van der Waals surface area contributed by atoms with Crippen LogP contribution in [0.1, 0.15) is 11.1 Å². The maximum atomic E-state index is 12.3. The molecule has 3 aromatic carbocycles. The van der Waals surface area contributed by atoms with Gasteiger partial charge < -0.3 is 19.9 Å². The van der Waals surface area contributed by atoms with Crippen LogP contribution in [0.2, 0.25) is 0 Å². The number of nitrogens with two attached hydrogens (primary N) is 1. The van der Waals surface area contributed by atoms with Gasteiger partial charge in [0.1, 0.15) is 36.6 Å². The smallest absolute Gasteiger partial charge is 0.744 e. The van der Waals surface area contributed by atoms with Gasteiger partial charge in [-0.15, -0.1) is 0 Å². The van der Waals surface area contributed by atoms with Crippen LogP contribution < -0.4 is 66.8 Å². The summed E-state index contributed by atoms with van der Waals surface area (Å²) in [5, 5.41) is 8.30. The largest absolute Gasteiger partial charge is 1.00 e. The first-order chi connectivity index (χ1) is 20.5. The third kappa shape index (κ3) is 9.75. The SMILES string of the molecule is CN(C)c1ccc(C(C=Cc2ccc(N=Nc3ccc(OCCN)cc3)cc2S(=O)(=O)[O-])=C2C=CC(=[N+](C)C)C=C2)cc1.[K+]. The summed E-state index contributed by atoms with van der Waals surface area (Å²) in [5.41, 5.74) is 11.3. The first-order valence-corrected chi connectivity index (χ1v) is 15.0. The molecule has 0 amide bonds. The number of hydrogen-bond acceptors (Lipinski definition) is 8. The van der Waals surface area contributed by atoms with E-state index in [1.807, 2.05) is 92.3 Å². The molecule has 222 valence electrons. The zero-order chi connectivity index (χ0) is 31.0. The molecule has 11 heteroatoms. The van der Waals surface area contributed by atoms with Gasteiger partial charge in [-0.1, -0.05) is 30.4 Å². The van der Waals surface area contributed by atoms with E-state index in [1.165, 1.54) is 6.07 Å². The molecule has 9 nitrogen and oxygen atoms in total. The third-order valence-electron chi connectivity index (χ3n) is 6.59. The van der Waals surface area contributed by atoms with Crippen LogP contribution in [-0.4, -0.2) is 64.6 Å². The Kier molecular flexibility index (Phi) is 13.2. The van der Waals surface area contributed by atoms with E-state index >= 15 is 0 Å². The van der Waals surface area contributed by atoms with Crippen molar-refractivity contribution in [1.82, 2.24) is 0 Å². The Balaban J connectivity index is 0.00000529. The fourth-order valence-corrected chi connectivity index (χ4v) is 4.94. The Morgan fingerprint density at radius 1 is 0.932 bits per heavy atom. The van der Waals surface area contributed by atoms with E-state index in [0.29, 0.717) is 24.6 Å². The second-order valence-electron chi connectivity index (χ2n) is 10.1. The maximum absolute atomic E-state index is 12.3. The van der Waals surface area contributed by atoms with Crippen molar-refractivity contribution in [3.05, 3.63) is 114 Å². The van der Waals surface area contributed by atoms with E-state index < -0.39 is 10.1 Å². The molecule has 2 N–H and O–H groups in total. The summed E-state index contributed by atoms with van der Waals surface area (Å²) in [6, 6.07) is 19.4. The Hall–Kier alpha value is -3.00. The summed E-state index contributed by atoms with van der Waals surface area (Å²) in [6.45, 7) is 0.809. The molecule has 0 aromatic heterocycles. The fourth-order valence-electron chi connectivity index (χ4n) is 4.25. The predicted molar refractivity (Wildman–Crippen MR) is 172 cm³/mol. The van der Waals surface area contributed by atoms with Gasteiger partial charge in [-0.3, -0.25) is 0 Å². The number of benzene rings is 3. The Morgan fingerprint density at radius 3 is 2.11 bits per heavy atom. The van der Waals surface area contributed by atoms with Crippen molar-refractivity contribution in [1.29, 1.82) is 0 Å². The average Bonchev–Trinajstić information content (AvgIpc) is 3.00. The molecule has 0 unspecified atom stereocenters. The number of hydrogen-bond donors (Lipinski definition) is 1. The van der Waals surface area contributed by atoms with Crippen molar-refractivity contribution in [2.45, 2.75) is 4.90 Å². The van der Waals surface area contributed by atoms with E-state index in [1.54, 1.807) is 42.5 Å². The van der Waals surface area contributed by atoms with Gasteiger partial charge in [0, 0.05) is 38.5 Å². The molecule has 0 saturated carbocycles. The first-order valence-electron chi connectivity index (χ1n) is 13.6. The number of ether oxygens (including phenoxy) is 1. The topological polar surface area (TPSA) is 123 Å². The molecule has 0 bridgehead atoms. The van der Waals surface area contributed by atoms with Crippen molar-refractivity contribution < 1.29 is 73.7 Å². The van der Waals surface area contributed by atoms with Gasteiger partial charge >= 0.3 is 51.4 Å². The monoisotopic (exact) mass is 636 g/mol. The second kappa shape index (κ2) is 16.3. The standard InChI is InChI=1S/C33H35N5O4S.K/c1-37(2)29-14-6-24(7-15-29)32(25-8-16-30(17-9-25)38(3)4)20-10-26-5-11-28(23-33(26)43(39,40)41)36-35-27-12-18-31(19-13-27)42-22-21-34;/h5-20,23H,21-22,34H2,1-4H3;/q;+1. The van der Waals surface area contributed by atoms with E-state index in [-0.39, 0.29) is 67.5 Å². The fraction of sp³-hybridized carbons (Fsp3) is 0.182. The number of nitrogens with zero attached hydrogens (tertiary/aromatic N) is 4. The van der Waals surface area contributed by atoms with Crippen LogP contribution in [0.25, 0.3) is 11.6 Å². The van der Waals surface area contributed by atoms with Crippen LogP contribution in [-0.2, 0) is 10.1 Å². The molecule has 3 aromatic rings. The van der Waals surface area contributed by atoms with Crippen molar-refractivity contribution in [3.63, 3.8) is 0 Å².